The van der Waals surface area contributed by atoms with Gasteiger partial charge in [-0.3, -0.25) is 0 Å². The molecule has 2 rings (SSSR count). The second-order valence-corrected chi connectivity index (χ2v) is 6.86. The first-order chi connectivity index (χ1) is 9.37. The van der Waals surface area contributed by atoms with Crippen LogP contribution in [0.5, 0.6) is 0 Å². The molecule has 0 amide bonds. The summed E-state index contributed by atoms with van der Waals surface area (Å²) in [6, 6.07) is 7.44. The van der Waals surface area contributed by atoms with Crippen molar-refractivity contribution in [2.45, 2.75) is 57.6 Å². The van der Waals surface area contributed by atoms with E-state index >= 15 is 0 Å². The highest BCUT2D eigenvalue weighted by Gasteiger charge is 2.33. The fourth-order valence-corrected chi connectivity index (χ4v) is 3.16. The van der Waals surface area contributed by atoms with Crippen LogP contribution in [0.3, 0.4) is 0 Å². The molecule has 1 aromatic rings. The first-order valence-electron chi connectivity index (χ1n) is 7.57. The summed E-state index contributed by atoms with van der Waals surface area (Å²) < 4.78 is 13.6. The smallest absolute Gasteiger partial charge is 0.126 e. The second kappa shape index (κ2) is 6.23. The molecule has 1 fully saturated rings. The summed E-state index contributed by atoms with van der Waals surface area (Å²) in [7, 11) is 0. The molecule has 0 radical (unpaired) electrons. The number of aliphatic hydroxyl groups is 1. The summed E-state index contributed by atoms with van der Waals surface area (Å²) in [6.07, 6.45) is 2.71. The van der Waals surface area contributed by atoms with Crippen LogP contribution in [0, 0.1) is 11.7 Å². The van der Waals surface area contributed by atoms with Crippen LogP contribution in [0.25, 0.3) is 0 Å². The maximum atomic E-state index is 13.6. The quantitative estimate of drug-likeness (QED) is 0.836. The van der Waals surface area contributed by atoms with Gasteiger partial charge in [-0.05, 0) is 49.7 Å². The van der Waals surface area contributed by atoms with Crippen molar-refractivity contribution in [3.05, 3.63) is 35.6 Å². The largest absolute Gasteiger partial charge is 0.389 e. The van der Waals surface area contributed by atoms with Gasteiger partial charge in [-0.1, -0.05) is 32.0 Å². The van der Waals surface area contributed by atoms with Gasteiger partial charge in [0, 0.05) is 12.6 Å². The van der Waals surface area contributed by atoms with Crippen LogP contribution in [-0.2, 0) is 0 Å². The number of hydrogen-bond acceptors (Lipinski definition) is 2. The fraction of sp³-hybridized carbons (Fsp3) is 0.647. The highest BCUT2D eigenvalue weighted by Crippen LogP contribution is 2.38. The third-order valence-corrected chi connectivity index (χ3v) is 4.10. The van der Waals surface area contributed by atoms with E-state index in [-0.39, 0.29) is 5.82 Å². The lowest BCUT2D eigenvalue weighted by Gasteiger charge is -2.38. The first kappa shape index (κ1) is 15.5. The van der Waals surface area contributed by atoms with Gasteiger partial charge >= 0.3 is 0 Å². The molecule has 0 saturated heterocycles. The normalized spacial score (nSPS) is 25.3. The number of hydrogen-bond donors (Lipinski definition) is 2. The fourth-order valence-electron chi connectivity index (χ4n) is 3.16. The number of nitrogens with one attached hydrogen (secondary N) is 1. The zero-order valence-electron chi connectivity index (χ0n) is 12.7. The minimum Gasteiger partial charge on any atom is -0.389 e. The van der Waals surface area contributed by atoms with Crippen molar-refractivity contribution < 1.29 is 9.50 Å². The van der Waals surface area contributed by atoms with E-state index in [1.165, 1.54) is 6.07 Å². The predicted octanol–water partition coefficient (Wildman–Crippen LogP) is 3.46. The Labute approximate surface area is 121 Å². The molecule has 1 aliphatic carbocycles. The molecule has 0 spiro atoms. The predicted molar refractivity (Wildman–Crippen MR) is 80.2 cm³/mol. The summed E-state index contributed by atoms with van der Waals surface area (Å²) in [6.45, 7) is 6.73. The van der Waals surface area contributed by atoms with Crippen molar-refractivity contribution in [2.75, 3.05) is 6.54 Å². The Morgan fingerprint density at radius 3 is 2.60 bits per heavy atom. The molecule has 20 heavy (non-hydrogen) atoms. The van der Waals surface area contributed by atoms with Gasteiger partial charge in [-0.2, -0.15) is 0 Å². The van der Waals surface area contributed by atoms with Gasteiger partial charge in [0.15, 0.2) is 0 Å². The lowest BCUT2D eigenvalue weighted by Crippen LogP contribution is -2.47. The first-order valence-corrected chi connectivity index (χ1v) is 7.57. The Bertz CT molecular complexity index is 438. The second-order valence-electron chi connectivity index (χ2n) is 6.86. The van der Waals surface area contributed by atoms with Gasteiger partial charge in [0.1, 0.15) is 5.82 Å². The molecule has 1 unspecified atom stereocenters. The van der Waals surface area contributed by atoms with Crippen LogP contribution in [0.2, 0.25) is 0 Å². The lowest BCUT2D eigenvalue weighted by molar-refractivity contribution is 0.0319. The zero-order valence-corrected chi connectivity index (χ0v) is 12.7. The summed E-state index contributed by atoms with van der Waals surface area (Å²) in [5.41, 5.74) is 0.177. The van der Waals surface area contributed by atoms with Crippen LogP contribution in [0.1, 0.15) is 51.5 Å². The monoisotopic (exact) mass is 279 g/mol. The standard InChI is InChI=1S/C17H26FNO/c1-12(2)10-17(3,20)11-19-14-8-13(9-14)15-6-4-5-7-16(15)18/h4-7,12-14,19-20H,8-11H2,1-3H3. The van der Waals surface area contributed by atoms with Crippen LogP contribution in [-0.4, -0.2) is 23.3 Å². The zero-order chi connectivity index (χ0) is 14.8. The molecule has 2 N–H and O–H groups in total. The molecule has 1 atom stereocenters. The maximum absolute atomic E-state index is 13.6. The van der Waals surface area contributed by atoms with E-state index < -0.39 is 5.60 Å². The minimum atomic E-state index is -0.656. The highest BCUT2D eigenvalue weighted by atomic mass is 19.1. The molecule has 1 aliphatic rings. The number of halogens is 1. The third-order valence-electron chi connectivity index (χ3n) is 4.10. The van der Waals surface area contributed by atoms with Crippen molar-refractivity contribution in [3.63, 3.8) is 0 Å². The Hall–Kier alpha value is -0.930. The molecule has 3 heteroatoms. The third kappa shape index (κ3) is 4.03. The van der Waals surface area contributed by atoms with E-state index in [0.717, 1.165) is 24.8 Å². The van der Waals surface area contributed by atoms with Crippen LogP contribution in [0.4, 0.5) is 4.39 Å². The number of rotatable bonds is 6. The molecule has 2 nitrogen and oxygen atoms in total. The molecule has 1 saturated carbocycles. The van der Waals surface area contributed by atoms with Crippen molar-refractivity contribution in [1.29, 1.82) is 0 Å². The van der Waals surface area contributed by atoms with Crippen LogP contribution >= 0.6 is 0 Å². The Kier molecular flexibility index (Phi) is 4.82. The van der Waals surface area contributed by atoms with E-state index in [4.69, 9.17) is 0 Å². The molecule has 0 aromatic heterocycles. The van der Waals surface area contributed by atoms with Gasteiger partial charge in [-0.25, -0.2) is 4.39 Å². The topological polar surface area (TPSA) is 32.3 Å². The SMILES string of the molecule is CC(C)CC(C)(O)CNC1CC(c2ccccc2F)C1. The Balaban J connectivity index is 1.76. The van der Waals surface area contributed by atoms with Crippen molar-refractivity contribution in [3.8, 4) is 0 Å². The Morgan fingerprint density at radius 1 is 1.35 bits per heavy atom. The summed E-state index contributed by atoms with van der Waals surface area (Å²) in [5.74, 6) is 0.714. The number of benzene rings is 1. The van der Waals surface area contributed by atoms with Gasteiger partial charge in [0.25, 0.3) is 0 Å². The molecule has 112 valence electrons. The van der Waals surface area contributed by atoms with Gasteiger partial charge in [-0.15, -0.1) is 0 Å². The van der Waals surface area contributed by atoms with E-state index in [1.807, 2.05) is 19.1 Å². The summed E-state index contributed by atoms with van der Waals surface area (Å²) >= 11 is 0. The molecular weight excluding hydrogens is 253 g/mol. The molecule has 0 bridgehead atoms. The summed E-state index contributed by atoms with van der Waals surface area (Å²) in [4.78, 5) is 0. The van der Waals surface area contributed by atoms with Crippen molar-refractivity contribution in [2.24, 2.45) is 5.92 Å². The van der Waals surface area contributed by atoms with Crippen LogP contribution in [0.15, 0.2) is 24.3 Å². The van der Waals surface area contributed by atoms with E-state index in [2.05, 4.69) is 19.2 Å². The molecule has 0 heterocycles. The van der Waals surface area contributed by atoms with Crippen molar-refractivity contribution >= 4 is 0 Å². The van der Waals surface area contributed by atoms with Crippen LogP contribution < -0.4 is 5.32 Å². The minimum absolute atomic E-state index is 0.0947. The maximum Gasteiger partial charge on any atom is 0.126 e. The molecule has 1 aromatic carbocycles. The average molecular weight is 279 g/mol. The van der Waals surface area contributed by atoms with Crippen molar-refractivity contribution in [1.82, 2.24) is 5.32 Å². The molecule has 0 aliphatic heterocycles. The lowest BCUT2D eigenvalue weighted by atomic mass is 9.75. The van der Waals surface area contributed by atoms with Gasteiger partial charge in [0.05, 0.1) is 5.60 Å². The van der Waals surface area contributed by atoms with E-state index in [9.17, 15) is 9.50 Å². The van der Waals surface area contributed by atoms with E-state index in [1.54, 1.807) is 6.07 Å². The Morgan fingerprint density at radius 2 is 2.00 bits per heavy atom. The average Bonchev–Trinajstić information content (AvgIpc) is 2.27. The summed E-state index contributed by atoms with van der Waals surface area (Å²) in [5, 5.41) is 13.7. The van der Waals surface area contributed by atoms with Gasteiger partial charge < -0.3 is 10.4 Å². The van der Waals surface area contributed by atoms with Gasteiger partial charge in [0.2, 0.25) is 0 Å². The highest BCUT2D eigenvalue weighted by molar-refractivity contribution is 5.24. The van der Waals surface area contributed by atoms with E-state index in [0.29, 0.717) is 24.4 Å². The molecular formula is C17H26FNO.